The number of benzene rings is 1. The van der Waals surface area contributed by atoms with Crippen molar-refractivity contribution in [2.24, 2.45) is 5.73 Å². The highest BCUT2D eigenvalue weighted by atomic mass is 32.2. The zero-order valence-electron chi connectivity index (χ0n) is 8.04. The van der Waals surface area contributed by atoms with Crippen molar-refractivity contribution in [3.05, 3.63) is 36.4 Å². The quantitative estimate of drug-likeness (QED) is 0.847. The molecule has 3 N–H and O–H groups in total. The molecule has 16 heavy (non-hydrogen) atoms. The van der Waals surface area contributed by atoms with Crippen LogP contribution in [0.2, 0.25) is 0 Å². The normalized spacial score (nSPS) is 15.4. The van der Waals surface area contributed by atoms with Crippen LogP contribution in [-0.4, -0.2) is 9.72 Å². The van der Waals surface area contributed by atoms with E-state index in [1.807, 2.05) is 0 Å². The first-order chi connectivity index (χ1) is 7.16. The maximum absolute atomic E-state index is 12.3. The van der Waals surface area contributed by atoms with Crippen LogP contribution in [0.25, 0.3) is 5.70 Å². The lowest BCUT2D eigenvalue weighted by atomic mass is 10.2. The van der Waals surface area contributed by atoms with Gasteiger partial charge < -0.3 is 5.73 Å². The first-order valence-corrected chi connectivity index (χ1v) is 5.62. The third kappa shape index (κ3) is 2.19. The average Bonchev–Trinajstić information content (AvgIpc) is 2.16. The van der Waals surface area contributed by atoms with Crippen LogP contribution in [0.3, 0.4) is 0 Å². The van der Waals surface area contributed by atoms with E-state index in [4.69, 9.17) is 10.5 Å². The summed E-state index contributed by atoms with van der Waals surface area (Å²) < 4.78 is 54.8. The topological polar surface area (TPSA) is 66.9 Å². The molecule has 0 saturated carbocycles. The molecule has 0 heterocycles. The molecular weight excluding hydrogens is 241 g/mol. The smallest absolute Gasteiger partial charge is 0.399 e. The van der Waals surface area contributed by atoms with E-state index in [9.17, 15) is 17.4 Å². The summed E-state index contributed by atoms with van der Waals surface area (Å²) in [5, 5.41) is 0. The van der Waals surface area contributed by atoms with Gasteiger partial charge in [-0.15, -0.1) is 0 Å². The van der Waals surface area contributed by atoms with Gasteiger partial charge in [0.15, 0.2) is 9.73 Å². The molecule has 0 aliphatic carbocycles. The standard InChI is InChI=1S/C9H9F3N2OS/c1-6(13)7-2-4-8(5-3-7)16(14,15)9(10,11)12/h2-5,14H,1,13H2. The van der Waals surface area contributed by atoms with Gasteiger partial charge in [-0.25, -0.2) is 8.99 Å². The van der Waals surface area contributed by atoms with E-state index in [0.29, 0.717) is 5.56 Å². The zero-order valence-corrected chi connectivity index (χ0v) is 8.86. The molecule has 0 aliphatic rings. The third-order valence-electron chi connectivity index (χ3n) is 1.88. The van der Waals surface area contributed by atoms with E-state index in [-0.39, 0.29) is 5.70 Å². The van der Waals surface area contributed by atoms with Gasteiger partial charge in [-0.2, -0.15) is 13.2 Å². The second-order valence-corrected chi connectivity index (χ2v) is 5.10. The number of nitrogens with one attached hydrogen (secondary N) is 1. The Morgan fingerprint density at radius 1 is 1.31 bits per heavy atom. The molecule has 1 aromatic carbocycles. The zero-order chi connectivity index (χ0) is 12.6. The number of nitrogens with two attached hydrogens (primary N) is 1. The fourth-order valence-electron chi connectivity index (χ4n) is 0.994. The van der Waals surface area contributed by atoms with Gasteiger partial charge in [-0.05, 0) is 17.7 Å². The summed E-state index contributed by atoms with van der Waals surface area (Å²) in [6.07, 6.45) is 0. The molecule has 1 unspecified atom stereocenters. The Kier molecular flexibility index (Phi) is 3.00. The molecule has 1 atom stereocenters. The van der Waals surface area contributed by atoms with Gasteiger partial charge in [0.2, 0.25) is 0 Å². The molecule has 7 heteroatoms. The monoisotopic (exact) mass is 250 g/mol. The highest BCUT2D eigenvalue weighted by Crippen LogP contribution is 2.31. The highest BCUT2D eigenvalue weighted by molar-refractivity contribution is 7.93. The molecular formula is C9H9F3N2OS. The predicted molar refractivity (Wildman–Crippen MR) is 54.8 cm³/mol. The maximum Gasteiger partial charge on any atom is 0.483 e. The van der Waals surface area contributed by atoms with Gasteiger partial charge in [0.1, 0.15) is 0 Å². The van der Waals surface area contributed by atoms with Crippen molar-refractivity contribution >= 4 is 15.4 Å². The summed E-state index contributed by atoms with van der Waals surface area (Å²) in [4.78, 5) is -0.593. The van der Waals surface area contributed by atoms with Gasteiger partial charge in [0.25, 0.3) is 0 Å². The fourth-order valence-corrected chi connectivity index (χ4v) is 1.78. The van der Waals surface area contributed by atoms with E-state index in [2.05, 4.69) is 6.58 Å². The number of halogens is 3. The summed E-state index contributed by atoms with van der Waals surface area (Å²) in [5.74, 6) is 0. The molecule has 0 amide bonds. The second-order valence-electron chi connectivity index (χ2n) is 3.05. The first-order valence-electron chi connectivity index (χ1n) is 4.06. The summed E-state index contributed by atoms with van der Waals surface area (Å²) in [6.45, 7) is 3.40. The molecule has 3 nitrogen and oxygen atoms in total. The number of rotatable bonds is 2. The molecule has 88 valence electrons. The van der Waals surface area contributed by atoms with Crippen LogP contribution < -0.4 is 5.73 Å². The minimum atomic E-state index is -5.08. The maximum atomic E-state index is 12.3. The van der Waals surface area contributed by atoms with Crippen LogP contribution >= 0.6 is 0 Å². The van der Waals surface area contributed by atoms with Crippen molar-refractivity contribution < 1.29 is 17.4 Å². The Morgan fingerprint density at radius 3 is 2.06 bits per heavy atom. The Bertz CT molecular complexity index is 503. The lowest BCUT2D eigenvalue weighted by molar-refractivity contribution is -0.0406. The van der Waals surface area contributed by atoms with E-state index < -0.39 is 20.1 Å². The summed E-state index contributed by atoms with van der Waals surface area (Å²) in [7, 11) is -4.79. The van der Waals surface area contributed by atoms with Gasteiger partial charge in [-0.1, -0.05) is 18.7 Å². The number of alkyl halides is 3. The summed E-state index contributed by atoms with van der Waals surface area (Å²) in [5.41, 5.74) is 0.870. The minimum absolute atomic E-state index is 0.190. The van der Waals surface area contributed by atoms with Gasteiger partial charge in [-0.3, -0.25) is 0 Å². The summed E-state index contributed by atoms with van der Waals surface area (Å²) in [6, 6.07) is 4.43. The van der Waals surface area contributed by atoms with Crippen molar-refractivity contribution in [1.29, 1.82) is 4.78 Å². The Morgan fingerprint density at radius 2 is 1.75 bits per heavy atom. The Labute approximate surface area is 90.7 Å². The Balaban J connectivity index is 3.23. The molecule has 1 rings (SSSR count). The highest BCUT2D eigenvalue weighted by Gasteiger charge is 2.43. The molecule has 0 aliphatic heterocycles. The number of hydrogen-bond acceptors (Lipinski definition) is 3. The molecule has 0 spiro atoms. The van der Waals surface area contributed by atoms with Crippen molar-refractivity contribution in [2.45, 2.75) is 10.4 Å². The van der Waals surface area contributed by atoms with Crippen molar-refractivity contribution in [3.8, 4) is 0 Å². The molecule has 0 fully saturated rings. The number of hydrogen-bond donors (Lipinski definition) is 2. The average molecular weight is 250 g/mol. The largest absolute Gasteiger partial charge is 0.483 e. The summed E-state index contributed by atoms with van der Waals surface area (Å²) >= 11 is 0. The van der Waals surface area contributed by atoms with E-state index in [1.165, 1.54) is 12.1 Å². The van der Waals surface area contributed by atoms with Crippen molar-refractivity contribution in [1.82, 2.24) is 0 Å². The molecule has 0 saturated heterocycles. The lowest BCUT2D eigenvalue weighted by Crippen LogP contribution is -2.21. The first kappa shape index (κ1) is 12.6. The predicted octanol–water partition coefficient (Wildman–Crippen LogP) is 2.54. The van der Waals surface area contributed by atoms with Gasteiger partial charge in [0.05, 0.1) is 4.90 Å². The van der Waals surface area contributed by atoms with Crippen LogP contribution in [0.4, 0.5) is 13.2 Å². The fraction of sp³-hybridized carbons (Fsp3) is 0.111. The molecule has 0 radical (unpaired) electrons. The van der Waals surface area contributed by atoms with Crippen LogP contribution in [0.1, 0.15) is 5.56 Å². The van der Waals surface area contributed by atoms with Crippen LogP contribution in [0.5, 0.6) is 0 Å². The SMILES string of the molecule is C=C(N)c1ccc(S(=N)(=O)C(F)(F)F)cc1. The molecule has 1 aromatic rings. The van der Waals surface area contributed by atoms with Gasteiger partial charge in [0, 0.05) is 5.70 Å². The van der Waals surface area contributed by atoms with Crippen molar-refractivity contribution in [3.63, 3.8) is 0 Å². The van der Waals surface area contributed by atoms with Crippen LogP contribution in [0, 0.1) is 4.78 Å². The van der Waals surface area contributed by atoms with Crippen molar-refractivity contribution in [2.75, 3.05) is 0 Å². The van der Waals surface area contributed by atoms with Gasteiger partial charge >= 0.3 is 5.51 Å². The van der Waals surface area contributed by atoms with E-state index >= 15 is 0 Å². The molecule has 0 bridgehead atoms. The van der Waals surface area contributed by atoms with Crippen LogP contribution in [-0.2, 0) is 9.73 Å². The van der Waals surface area contributed by atoms with E-state index in [0.717, 1.165) is 12.1 Å². The van der Waals surface area contributed by atoms with E-state index in [1.54, 1.807) is 0 Å². The minimum Gasteiger partial charge on any atom is -0.399 e. The lowest BCUT2D eigenvalue weighted by Gasteiger charge is -2.11. The third-order valence-corrected chi connectivity index (χ3v) is 3.47. The Hall–Kier alpha value is -1.50. The van der Waals surface area contributed by atoms with Crippen LogP contribution in [0.15, 0.2) is 35.7 Å². The second kappa shape index (κ2) is 3.82. The molecule has 0 aromatic heterocycles.